The monoisotopic (exact) mass is 275 g/mol. The molecule has 1 radical (unpaired) electrons. The number of nitrogens with zero attached hydrogens (tertiary/aromatic N) is 3. The van der Waals surface area contributed by atoms with Crippen molar-refractivity contribution in [1.82, 2.24) is 20.3 Å². The molecule has 1 aliphatic carbocycles. The maximum absolute atomic E-state index is 4.79. The van der Waals surface area contributed by atoms with Crippen LogP contribution in [0.2, 0.25) is 0 Å². The van der Waals surface area contributed by atoms with Gasteiger partial charge in [-0.1, -0.05) is 6.08 Å². The molecular formula is C17H15N4. The molecule has 1 aliphatic heterocycles. The van der Waals surface area contributed by atoms with E-state index >= 15 is 0 Å². The molecule has 0 aromatic carbocycles. The molecule has 5 rings (SSSR count). The molecule has 4 nitrogen and oxygen atoms in total. The van der Waals surface area contributed by atoms with Crippen LogP contribution in [0.4, 0.5) is 0 Å². The van der Waals surface area contributed by atoms with E-state index < -0.39 is 0 Å². The number of nitrogens with one attached hydrogen (secondary N) is 1. The Balaban J connectivity index is 1.80. The third-order valence-electron chi connectivity index (χ3n) is 4.61. The van der Waals surface area contributed by atoms with Crippen molar-refractivity contribution in [1.29, 1.82) is 0 Å². The molecular weight excluding hydrogens is 260 g/mol. The normalized spacial score (nSPS) is 22.1. The Morgan fingerprint density at radius 1 is 1.14 bits per heavy atom. The van der Waals surface area contributed by atoms with Gasteiger partial charge in [0.2, 0.25) is 0 Å². The fourth-order valence-corrected chi connectivity index (χ4v) is 3.47. The summed E-state index contributed by atoms with van der Waals surface area (Å²) in [6.45, 7) is 0.842. The summed E-state index contributed by atoms with van der Waals surface area (Å²) in [6, 6.07) is 2.48. The average molecular weight is 275 g/mol. The zero-order chi connectivity index (χ0) is 13.8. The first-order valence-corrected chi connectivity index (χ1v) is 7.48. The highest BCUT2D eigenvalue weighted by atomic mass is 14.9. The molecule has 0 amide bonds. The molecule has 1 atom stereocenters. The van der Waals surface area contributed by atoms with Crippen LogP contribution >= 0.6 is 0 Å². The number of hydrogen-bond acceptors (Lipinski definition) is 2. The minimum absolute atomic E-state index is 0.375. The lowest BCUT2D eigenvalue weighted by molar-refractivity contribution is 0.599. The largest absolute Gasteiger partial charge is 0.346 e. The zero-order valence-corrected chi connectivity index (χ0v) is 11.6. The fraction of sp³-hybridized carbons (Fsp3) is 0.294. The molecule has 4 heteroatoms. The van der Waals surface area contributed by atoms with Gasteiger partial charge in [-0.15, -0.1) is 0 Å². The quantitative estimate of drug-likeness (QED) is 0.781. The van der Waals surface area contributed by atoms with Crippen molar-refractivity contribution in [3.05, 3.63) is 42.5 Å². The summed E-state index contributed by atoms with van der Waals surface area (Å²) >= 11 is 0. The Kier molecular flexibility index (Phi) is 2.26. The number of aromatic amines is 1. The molecule has 0 saturated heterocycles. The van der Waals surface area contributed by atoms with Crippen molar-refractivity contribution < 1.29 is 0 Å². The van der Waals surface area contributed by atoms with E-state index in [9.17, 15) is 0 Å². The van der Waals surface area contributed by atoms with Gasteiger partial charge in [0.05, 0.1) is 6.04 Å². The summed E-state index contributed by atoms with van der Waals surface area (Å²) in [5.41, 5.74) is 3.54. The number of rotatable bonds is 2. The van der Waals surface area contributed by atoms with E-state index in [-0.39, 0.29) is 0 Å². The Morgan fingerprint density at radius 2 is 2.10 bits per heavy atom. The van der Waals surface area contributed by atoms with E-state index in [0.29, 0.717) is 6.04 Å². The minimum atomic E-state index is 0.375. The van der Waals surface area contributed by atoms with Crippen LogP contribution in [0.15, 0.2) is 36.9 Å². The predicted molar refractivity (Wildman–Crippen MR) is 82.9 cm³/mol. The Bertz CT molecular complexity index is 873. The highest BCUT2D eigenvalue weighted by molar-refractivity contribution is 6.10. The lowest BCUT2D eigenvalue weighted by atomic mass is 9.94. The molecule has 1 saturated carbocycles. The molecule has 2 aliphatic rings. The number of hydrogen-bond donors (Lipinski definition) is 1. The molecule has 3 aromatic heterocycles. The lowest BCUT2D eigenvalue weighted by Gasteiger charge is -2.15. The summed E-state index contributed by atoms with van der Waals surface area (Å²) in [7, 11) is 0. The second-order valence-corrected chi connectivity index (χ2v) is 5.96. The molecule has 0 spiro atoms. The van der Waals surface area contributed by atoms with Crippen LogP contribution in [-0.4, -0.2) is 27.5 Å². The number of fused-ring (bicyclic) bond motifs is 3. The zero-order valence-electron chi connectivity index (χ0n) is 11.6. The van der Waals surface area contributed by atoms with E-state index in [1.165, 1.54) is 34.8 Å². The van der Waals surface area contributed by atoms with Crippen LogP contribution in [0.25, 0.3) is 27.4 Å². The molecule has 21 heavy (non-hydrogen) atoms. The van der Waals surface area contributed by atoms with Gasteiger partial charge in [-0.3, -0.25) is 4.98 Å². The standard InChI is InChI=1S/C17H15N4/c1-2-10(1)16-12(3-5-19-16)14-9-18-7-11-8-21-17-13(15(11)14)4-6-20-17/h3-4,6-10,16H,1-2,5H2,(H,20,21). The number of pyridine rings is 2. The van der Waals surface area contributed by atoms with Crippen LogP contribution in [0, 0.1) is 5.92 Å². The van der Waals surface area contributed by atoms with Gasteiger partial charge in [0.1, 0.15) is 5.65 Å². The summed E-state index contributed by atoms with van der Waals surface area (Å²) < 4.78 is 0. The van der Waals surface area contributed by atoms with Crippen LogP contribution in [-0.2, 0) is 0 Å². The van der Waals surface area contributed by atoms with Crippen molar-refractivity contribution in [3.8, 4) is 0 Å². The minimum Gasteiger partial charge on any atom is -0.346 e. The molecule has 103 valence electrons. The van der Waals surface area contributed by atoms with E-state index in [0.717, 1.165) is 23.5 Å². The van der Waals surface area contributed by atoms with E-state index in [4.69, 9.17) is 5.32 Å². The van der Waals surface area contributed by atoms with Gasteiger partial charge in [-0.25, -0.2) is 10.3 Å². The number of aromatic nitrogens is 3. The van der Waals surface area contributed by atoms with Crippen molar-refractivity contribution in [2.24, 2.45) is 5.92 Å². The van der Waals surface area contributed by atoms with Gasteiger partial charge in [-0.2, -0.15) is 0 Å². The highest BCUT2D eigenvalue weighted by Gasteiger charge is 2.37. The first kappa shape index (κ1) is 11.5. The maximum atomic E-state index is 4.79. The first-order valence-electron chi connectivity index (χ1n) is 7.48. The summed E-state index contributed by atoms with van der Waals surface area (Å²) in [6.07, 6.45) is 12.7. The SMILES string of the molecule is C1=C(c2cncc3cnc4[nH]ccc4c23)C(C2CC2)[N]C1. The predicted octanol–water partition coefficient (Wildman–Crippen LogP) is 2.89. The molecule has 1 N–H and O–H groups in total. The average Bonchev–Trinajstić information content (AvgIpc) is 3.06. The van der Waals surface area contributed by atoms with Gasteiger partial charge >= 0.3 is 0 Å². The smallest absolute Gasteiger partial charge is 0.137 e. The van der Waals surface area contributed by atoms with Crippen molar-refractivity contribution in [2.75, 3.05) is 6.54 Å². The van der Waals surface area contributed by atoms with E-state index in [2.05, 4.69) is 27.1 Å². The van der Waals surface area contributed by atoms with Gasteiger partial charge in [0, 0.05) is 53.1 Å². The summed E-state index contributed by atoms with van der Waals surface area (Å²) in [4.78, 5) is 12.1. The van der Waals surface area contributed by atoms with Gasteiger partial charge in [0.15, 0.2) is 0 Å². The molecule has 1 fully saturated rings. The molecule has 3 aromatic rings. The Hall–Kier alpha value is -2.20. The third-order valence-corrected chi connectivity index (χ3v) is 4.61. The molecule has 0 bridgehead atoms. The number of H-pyrrole nitrogens is 1. The summed E-state index contributed by atoms with van der Waals surface area (Å²) in [5, 5.41) is 8.31. The van der Waals surface area contributed by atoms with Gasteiger partial charge in [0.25, 0.3) is 0 Å². The Labute approximate surface area is 122 Å². The van der Waals surface area contributed by atoms with Crippen molar-refractivity contribution in [2.45, 2.75) is 18.9 Å². The van der Waals surface area contributed by atoms with Crippen molar-refractivity contribution >= 4 is 27.4 Å². The highest BCUT2D eigenvalue weighted by Crippen LogP contribution is 2.42. The van der Waals surface area contributed by atoms with Crippen LogP contribution in [0.3, 0.4) is 0 Å². The lowest BCUT2D eigenvalue weighted by Crippen LogP contribution is -2.20. The van der Waals surface area contributed by atoms with Crippen LogP contribution < -0.4 is 5.32 Å². The van der Waals surface area contributed by atoms with Crippen LogP contribution in [0.1, 0.15) is 18.4 Å². The topological polar surface area (TPSA) is 55.7 Å². The summed E-state index contributed by atoms with van der Waals surface area (Å²) in [5.74, 6) is 0.748. The first-order chi connectivity index (χ1) is 10.4. The second-order valence-electron chi connectivity index (χ2n) is 5.96. The van der Waals surface area contributed by atoms with E-state index in [1.807, 2.05) is 24.8 Å². The van der Waals surface area contributed by atoms with Gasteiger partial charge < -0.3 is 4.98 Å². The second kappa shape index (κ2) is 4.15. The Morgan fingerprint density at radius 3 is 3.00 bits per heavy atom. The molecule has 4 heterocycles. The van der Waals surface area contributed by atoms with E-state index in [1.54, 1.807) is 0 Å². The maximum Gasteiger partial charge on any atom is 0.137 e. The molecule has 1 unspecified atom stereocenters. The third kappa shape index (κ3) is 1.66. The van der Waals surface area contributed by atoms with Crippen molar-refractivity contribution in [3.63, 3.8) is 0 Å². The van der Waals surface area contributed by atoms with Gasteiger partial charge in [-0.05, 0) is 30.4 Å². The fourth-order valence-electron chi connectivity index (χ4n) is 3.47. The van der Waals surface area contributed by atoms with Crippen LogP contribution in [0.5, 0.6) is 0 Å².